The van der Waals surface area contributed by atoms with Gasteiger partial charge in [0.15, 0.2) is 0 Å². The van der Waals surface area contributed by atoms with Crippen LogP contribution in [0, 0.1) is 0 Å². The second kappa shape index (κ2) is 3.43. The van der Waals surface area contributed by atoms with Crippen LogP contribution in [0.1, 0.15) is 19.5 Å². The quantitative estimate of drug-likeness (QED) is 0.665. The van der Waals surface area contributed by atoms with Gasteiger partial charge >= 0.3 is 0 Å². The zero-order valence-corrected chi connectivity index (χ0v) is 8.10. The number of rotatable bonds is 3. The van der Waals surface area contributed by atoms with Crippen LogP contribution >= 0.6 is 0 Å². The maximum Gasteiger partial charge on any atom is 0.0878 e. The van der Waals surface area contributed by atoms with E-state index in [9.17, 15) is 10.2 Å². The predicted molar refractivity (Wildman–Crippen MR) is 47.0 cm³/mol. The Morgan fingerprint density at radius 1 is 1.62 bits per heavy atom. The van der Waals surface area contributed by atoms with E-state index in [-0.39, 0.29) is 0 Å². The Labute approximate surface area is 77.0 Å². The van der Waals surface area contributed by atoms with Crippen LogP contribution in [-0.4, -0.2) is 36.9 Å². The maximum absolute atomic E-state index is 9.52. The molecule has 0 aliphatic heterocycles. The number of aliphatic hydroxyl groups excluding tert-OH is 1. The van der Waals surface area contributed by atoms with E-state index in [4.69, 9.17) is 0 Å². The first-order valence-corrected chi connectivity index (χ1v) is 4.15. The molecule has 0 saturated carbocycles. The van der Waals surface area contributed by atoms with Crippen molar-refractivity contribution in [2.75, 3.05) is 0 Å². The monoisotopic (exact) mass is 185 g/mol. The summed E-state index contributed by atoms with van der Waals surface area (Å²) in [6.45, 7) is 3.13. The van der Waals surface area contributed by atoms with Crippen molar-refractivity contribution in [3.63, 3.8) is 0 Å². The molecule has 74 valence electrons. The maximum atomic E-state index is 9.52. The summed E-state index contributed by atoms with van der Waals surface area (Å²) >= 11 is 0. The van der Waals surface area contributed by atoms with Gasteiger partial charge in [-0.1, -0.05) is 0 Å². The molecule has 1 unspecified atom stereocenters. The van der Waals surface area contributed by atoms with Gasteiger partial charge in [-0.15, -0.1) is 0 Å². The van der Waals surface area contributed by atoms with Crippen LogP contribution in [0.4, 0.5) is 0 Å². The van der Waals surface area contributed by atoms with Crippen molar-refractivity contribution in [1.29, 1.82) is 0 Å². The summed E-state index contributed by atoms with van der Waals surface area (Å²) in [7, 11) is 1.71. The molecule has 0 bridgehead atoms. The number of aromatic nitrogens is 3. The number of hydrogen-bond acceptors (Lipinski definition) is 4. The first kappa shape index (κ1) is 10.1. The van der Waals surface area contributed by atoms with Gasteiger partial charge in [-0.25, -0.2) is 0 Å². The highest BCUT2D eigenvalue weighted by atomic mass is 16.3. The molecule has 1 aromatic rings. The van der Waals surface area contributed by atoms with Gasteiger partial charge in [-0.3, -0.25) is 0 Å². The third-order valence-electron chi connectivity index (χ3n) is 1.86. The average molecular weight is 185 g/mol. The minimum atomic E-state index is -1.10. The predicted octanol–water partition coefficient (Wildman–Crippen LogP) is -0.511. The third-order valence-corrected chi connectivity index (χ3v) is 1.86. The molecule has 1 heterocycles. The third kappa shape index (κ3) is 2.78. The van der Waals surface area contributed by atoms with Crippen molar-refractivity contribution in [3.05, 3.63) is 11.9 Å². The molecule has 0 aromatic carbocycles. The van der Waals surface area contributed by atoms with Crippen LogP contribution in [0.5, 0.6) is 0 Å². The fourth-order valence-corrected chi connectivity index (χ4v) is 0.929. The van der Waals surface area contributed by atoms with Crippen LogP contribution in [0.3, 0.4) is 0 Å². The highest BCUT2D eigenvalue weighted by Crippen LogP contribution is 2.12. The van der Waals surface area contributed by atoms with E-state index < -0.39 is 11.7 Å². The highest BCUT2D eigenvalue weighted by molar-refractivity contribution is 4.96. The van der Waals surface area contributed by atoms with E-state index in [0.717, 1.165) is 0 Å². The van der Waals surface area contributed by atoms with Crippen LogP contribution in [-0.2, 0) is 13.5 Å². The molecule has 1 rings (SSSR count). The molecular formula is C8H15N3O2. The van der Waals surface area contributed by atoms with Crippen molar-refractivity contribution in [2.45, 2.75) is 32.0 Å². The Balaban J connectivity index is 2.60. The molecule has 0 amide bonds. The van der Waals surface area contributed by atoms with E-state index in [1.54, 1.807) is 27.1 Å². The lowest BCUT2D eigenvalue weighted by molar-refractivity contribution is -0.0474. The smallest absolute Gasteiger partial charge is 0.0878 e. The first-order chi connectivity index (χ1) is 5.89. The molecular weight excluding hydrogens is 170 g/mol. The van der Waals surface area contributed by atoms with Gasteiger partial charge in [0.2, 0.25) is 0 Å². The summed E-state index contributed by atoms with van der Waals surface area (Å²) in [5.74, 6) is 0. The van der Waals surface area contributed by atoms with E-state index >= 15 is 0 Å². The van der Waals surface area contributed by atoms with Gasteiger partial charge in [-0.2, -0.15) is 15.0 Å². The summed E-state index contributed by atoms with van der Waals surface area (Å²) in [6.07, 6.45) is 1.08. The Bertz CT molecular complexity index is 277. The van der Waals surface area contributed by atoms with Crippen LogP contribution in [0.2, 0.25) is 0 Å². The zero-order chi connectivity index (χ0) is 10.1. The Morgan fingerprint density at radius 3 is 2.62 bits per heavy atom. The summed E-state index contributed by atoms with van der Waals surface area (Å²) in [6, 6.07) is 0. The van der Waals surface area contributed by atoms with Gasteiger partial charge in [0.25, 0.3) is 0 Å². The number of aryl methyl sites for hydroxylation is 1. The van der Waals surface area contributed by atoms with Crippen molar-refractivity contribution < 1.29 is 10.2 Å². The molecule has 0 saturated heterocycles. The average Bonchev–Trinajstić information content (AvgIpc) is 2.33. The molecule has 1 atom stereocenters. The minimum Gasteiger partial charge on any atom is -0.390 e. The van der Waals surface area contributed by atoms with Crippen LogP contribution < -0.4 is 0 Å². The Morgan fingerprint density at radius 2 is 2.23 bits per heavy atom. The second-order valence-electron chi connectivity index (χ2n) is 3.70. The number of nitrogens with zero attached hydrogens (tertiary/aromatic N) is 3. The summed E-state index contributed by atoms with van der Waals surface area (Å²) in [5.41, 5.74) is -0.422. The molecule has 1 aromatic heterocycles. The van der Waals surface area contributed by atoms with Gasteiger partial charge in [0.1, 0.15) is 0 Å². The molecule has 5 heteroatoms. The summed E-state index contributed by atoms with van der Waals surface area (Å²) in [5, 5.41) is 26.8. The molecule has 5 nitrogen and oxygen atoms in total. The molecule has 0 fully saturated rings. The minimum absolute atomic E-state index is 0.317. The van der Waals surface area contributed by atoms with Crippen molar-refractivity contribution in [2.24, 2.45) is 7.05 Å². The highest BCUT2D eigenvalue weighted by Gasteiger charge is 2.25. The standard InChI is InChI=1S/C8H15N3O2/c1-8(2,13)7(12)4-6-5-9-11(3)10-6/h5,7,12-13H,4H2,1-3H3. The van der Waals surface area contributed by atoms with Crippen LogP contribution in [0.15, 0.2) is 6.20 Å². The summed E-state index contributed by atoms with van der Waals surface area (Å²) < 4.78 is 0. The lowest BCUT2D eigenvalue weighted by Crippen LogP contribution is -2.37. The van der Waals surface area contributed by atoms with Crippen molar-refractivity contribution in [1.82, 2.24) is 15.0 Å². The van der Waals surface area contributed by atoms with E-state index in [1.165, 1.54) is 4.80 Å². The first-order valence-electron chi connectivity index (χ1n) is 4.15. The largest absolute Gasteiger partial charge is 0.390 e. The van der Waals surface area contributed by atoms with Gasteiger partial charge in [0, 0.05) is 13.5 Å². The van der Waals surface area contributed by atoms with Crippen LogP contribution in [0.25, 0.3) is 0 Å². The molecule has 13 heavy (non-hydrogen) atoms. The van der Waals surface area contributed by atoms with E-state index in [0.29, 0.717) is 12.1 Å². The SMILES string of the molecule is Cn1ncc(CC(O)C(C)(C)O)n1. The molecule has 2 N–H and O–H groups in total. The van der Waals surface area contributed by atoms with Gasteiger partial charge in [0.05, 0.1) is 23.6 Å². The lowest BCUT2D eigenvalue weighted by atomic mass is 9.98. The van der Waals surface area contributed by atoms with Crippen molar-refractivity contribution >= 4 is 0 Å². The molecule has 0 radical (unpaired) electrons. The topological polar surface area (TPSA) is 71.2 Å². The lowest BCUT2D eigenvalue weighted by Gasteiger charge is -2.23. The van der Waals surface area contributed by atoms with E-state index in [2.05, 4.69) is 10.2 Å². The molecule has 0 aliphatic rings. The van der Waals surface area contributed by atoms with E-state index in [1.807, 2.05) is 0 Å². The zero-order valence-electron chi connectivity index (χ0n) is 8.10. The van der Waals surface area contributed by atoms with Gasteiger partial charge in [-0.05, 0) is 13.8 Å². The number of hydrogen-bond donors (Lipinski definition) is 2. The van der Waals surface area contributed by atoms with Gasteiger partial charge < -0.3 is 10.2 Å². The number of aliphatic hydroxyl groups is 2. The summed E-state index contributed by atoms with van der Waals surface area (Å²) in [4.78, 5) is 1.42. The fourth-order valence-electron chi connectivity index (χ4n) is 0.929. The molecule has 0 aliphatic carbocycles. The van der Waals surface area contributed by atoms with Crippen molar-refractivity contribution in [3.8, 4) is 0 Å². The normalized spacial score (nSPS) is 14.5. The molecule has 0 spiro atoms. The Kier molecular flexibility index (Phi) is 2.68. The Hall–Kier alpha value is -0.940. The second-order valence-corrected chi connectivity index (χ2v) is 3.70. The fraction of sp³-hybridized carbons (Fsp3) is 0.750.